The number of pyridine rings is 1. The van der Waals surface area contributed by atoms with Crippen molar-refractivity contribution in [2.45, 2.75) is 0 Å². The monoisotopic (exact) mass is 227 g/mol. The topological polar surface area (TPSA) is 12.9 Å². The number of hydrogen-bond donors (Lipinski definition) is 1. The highest BCUT2D eigenvalue weighted by Crippen LogP contribution is 2.06. The van der Waals surface area contributed by atoms with Gasteiger partial charge in [-0.05, 0) is 28.1 Å². The van der Waals surface area contributed by atoms with Crippen molar-refractivity contribution in [1.29, 1.82) is 0 Å². The second-order valence-electron chi connectivity index (χ2n) is 1.83. The minimum Gasteiger partial charge on any atom is -0.249 e. The molecule has 0 aliphatic rings. The van der Waals surface area contributed by atoms with Gasteiger partial charge in [-0.25, -0.2) is 4.98 Å². The normalized spacial score (nSPS) is 8.55. The Labute approximate surface area is 79.8 Å². The Bertz CT molecular complexity index is 300. The Morgan fingerprint density at radius 3 is 3.09 bits per heavy atom. The van der Waals surface area contributed by atoms with Crippen molar-refractivity contribution >= 4 is 28.6 Å². The van der Waals surface area contributed by atoms with Crippen molar-refractivity contribution in [1.82, 2.24) is 4.98 Å². The van der Waals surface area contributed by atoms with E-state index in [1.807, 2.05) is 12.1 Å². The number of nitrogens with zero attached hydrogens (tertiary/aromatic N) is 1. The third-order valence-corrected chi connectivity index (χ3v) is 1.63. The summed E-state index contributed by atoms with van der Waals surface area (Å²) < 4.78 is 0.809. The second kappa shape index (κ2) is 4.42. The van der Waals surface area contributed by atoms with Crippen molar-refractivity contribution in [3.05, 3.63) is 28.5 Å². The average Bonchev–Trinajstić information content (AvgIpc) is 2.01. The van der Waals surface area contributed by atoms with Gasteiger partial charge in [-0.2, -0.15) is 12.6 Å². The lowest BCUT2D eigenvalue weighted by atomic mass is 10.3. The van der Waals surface area contributed by atoms with Gasteiger partial charge in [0.2, 0.25) is 0 Å². The summed E-state index contributed by atoms with van der Waals surface area (Å²) in [7, 11) is 0. The molecule has 1 heterocycles. The molecule has 0 atom stereocenters. The molecule has 1 rings (SSSR count). The van der Waals surface area contributed by atoms with Crippen LogP contribution < -0.4 is 0 Å². The van der Waals surface area contributed by atoms with E-state index >= 15 is 0 Å². The molecule has 1 aromatic heterocycles. The highest BCUT2D eigenvalue weighted by Gasteiger charge is 1.87. The SMILES string of the molecule is SCC#Cc1ccnc(Br)c1. The predicted octanol–water partition coefficient (Wildman–Crippen LogP) is 2.13. The van der Waals surface area contributed by atoms with E-state index in [0.29, 0.717) is 5.75 Å². The van der Waals surface area contributed by atoms with Crippen LogP contribution in [0.3, 0.4) is 0 Å². The molecule has 0 aliphatic carbocycles. The Morgan fingerprint density at radius 1 is 1.64 bits per heavy atom. The van der Waals surface area contributed by atoms with Crippen molar-refractivity contribution in [2.75, 3.05) is 5.75 Å². The zero-order chi connectivity index (χ0) is 8.10. The number of thiol groups is 1. The van der Waals surface area contributed by atoms with Gasteiger partial charge in [-0.3, -0.25) is 0 Å². The first-order valence-corrected chi connectivity index (χ1v) is 4.47. The maximum Gasteiger partial charge on any atom is 0.107 e. The van der Waals surface area contributed by atoms with Crippen LogP contribution in [0.2, 0.25) is 0 Å². The van der Waals surface area contributed by atoms with E-state index in [2.05, 4.69) is 45.4 Å². The van der Waals surface area contributed by atoms with Crippen molar-refractivity contribution in [3.63, 3.8) is 0 Å². The summed E-state index contributed by atoms with van der Waals surface area (Å²) in [5.41, 5.74) is 0.959. The van der Waals surface area contributed by atoms with Crippen LogP contribution in [0.15, 0.2) is 22.9 Å². The van der Waals surface area contributed by atoms with Crippen LogP contribution in [0.1, 0.15) is 5.56 Å². The van der Waals surface area contributed by atoms with E-state index in [0.717, 1.165) is 10.2 Å². The average molecular weight is 228 g/mol. The maximum atomic E-state index is 3.98. The summed E-state index contributed by atoms with van der Waals surface area (Å²) in [5.74, 6) is 6.38. The molecule has 0 aliphatic heterocycles. The van der Waals surface area contributed by atoms with Crippen molar-refractivity contribution < 1.29 is 0 Å². The third kappa shape index (κ3) is 2.96. The van der Waals surface area contributed by atoms with Crippen LogP contribution in [0.5, 0.6) is 0 Å². The molecule has 1 aromatic rings. The smallest absolute Gasteiger partial charge is 0.107 e. The van der Waals surface area contributed by atoms with E-state index in [4.69, 9.17) is 0 Å². The fraction of sp³-hybridized carbons (Fsp3) is 0.125. The molecule has 0 bridgehead atoms. The molecule has 3 heteroatoms. The van der Waals surface area contributed by atoms with Gasteiger partial charge in [0.25, 0.3) is 0 Å². The minimum atomic E-state index is 0.583. The Balaban J connectivity index is 2.87. The molecular formula is C8H6BrNS. The summed E-state index contributed by atoms with van der Waals surface area (Å²) in [6.07, 6.45) is 1.71. The lowest BCUT2D eigenvalue weighted by molar-refractivity contribution is 1.27. The van der Waals surface area contributed by atoms with Crippen LogP contribution in [0.4, 0.5) is 0 Å². The van der Waals surface area contributed by atoms with Gasteiger partial charge in [-0.15, -0.1) is 0 Å². The molecule has 0 aromatic carbocycles. The van der Waals surface area contributed by atoms with E-state index in [1.165, 1.54) is 0 Å². The number of rotatable bonds is 0. The first-order valence-electron chi connectivity index (χ1n) is 3.04. The van der Waals surface area contributed by atoms with Gasteiger partial charge in [0.1, 0.15) is 4.60 Å². The molecule has 0 spiro atoms. The molecule has 0 amide bonds. The molecule has 56 valence electrons. The van der Waals surface area contributed by atoms with E-state index in [-0.39, 0.29) is 0 Å². The molecular weight excluding hydrogens is 222 g/mol. The Morgan fingerprint density at radius 2 is 2.45 bits per heavy atom. The van der Waals surface area contributed by atoms with Crippen LogP contribution in [-0.2, 0) is 0 Å². The van der Waals surface area contributed by atoms with Crippen LogP contribution in [-0.4, -0.2) is 10.7 Å². The Hall–Kier alpha value is -0.460. The van der Waals surface area contributed by atoms with Crippen LogP contribution in [0, 0.1) is 11.8 Å². The lowest BCUT2D eigenvalue weighted by Gasteiger charge is -1.89. The summed E-state index contributed by atoms with van der Waals surface area (Å²) >= 11 is 7.23. The van der Waals surface area contributed by atoms with Crippen molar-refractivity contribution in [2.24, 2.45) is 0 Å². The quantitative estimate of drug-likeness (QED) is 0.407. The molecule has 1 nitrogen and oxygen atoms in total. The first-order chi connectivity index (χ1) is 5.33. The lowest BCUT2D eigenvalue weighted by Crippen LogP contribution is -1.77. The standard InChI is InChI=1S/C8H6BrNS/c9-8-6-7(2-1-5-11)3-4-10-8/h3-4,6,11H,5H2. The fourth-order valence-electron chi connectivity index (χ4n) is 0.622. The molecule has 0 saturated heterocycles. The summed E-state index contributed by atoms with van der Waals surface area (Å²) in [5, 5.41) is 0. The summed E-state index contributed by atoms with van der Waals surface area (Å²) in [4.78, 5) is 3.98. The highest BCUT2D eigenvalue weighted by atomic mass is 79.9. The number of hydrogen-bond acceptors (Lipinski definition) is 2. The number of halogens is 1. The minimum absolute atomic E-state index is 0.583. The third-order valence-electron chi connectivity index (χ3n) is 1.04. The van der Waals surface area contributed by atoms with Gasteiger partial charge >= 0.3 is 0 Å². The highest BCUT2D eigenvalue weighted by molar-refractivity contribution is 9.10. The van der Waals surface area contributed by atoms with Crippen LogP contribution >= 0.6 is 28.6 Å². The molecule has 0 unspecified atom stereocenters. The van der Waals surface area contributed by atoms with E-state index in [1.54, 1.807) is 6.20 Å². The molecule has 0 saturated carbocycles. The van der Waals surface area contributed by atoms with Crippen molar-refractivity contribution in [3.8, 4) is 11.8 Å². The zero-order valence-corrected chi connectivity index (χ0v) is 8.19. The fourth-order valence-corrected chi connectivity index (χ4v) is 1.07. The van der Waals surface area contributed by atoms with Gasteiger partial charge in [0.15, 0.2) is 0 Å². The largest absolute Gasteiger partial charge is 0.249 e. The first kappa shape index (κ1) is 8.63. The Kier molecular flexibility index (Phi) is 3.47. The molecule has 0 radical (unpaired) electrons. The molecule has 0 N–H and O–H groups in total. The second-order valence-corrected chi connectivity index (χ2v) is 2.96. The van der Waals surface area contributed by atoms with Gasteiger partial charge in [-0.1, -0.05) is 11.8 Å². The summed E-state index contributed by atoms with van der Waals surface area (Å²) in [6.45, 7) is 0. The predicted molar refractivity (Wildman–Crippen MR) is 52.7 cm³/mol. The zero-order valence-electron chi connectivity index (χ0n) is 5.71. The van der Waals surface area contributed by atoms with Gasteiger partial charge in [0.05, 0.1) is 5.75 Å². The van der Waals surface area contributed by atoms with E-state index in [9.17, 15) is 0 Å². The van der Waals surface area contributed by atoms with Gasteiger partial charge < -0.3 is 0 Å². The summed E-state index contributed by atoms with van der Waals surface area (Å²) in [6, 6.07) is 3.73. The van der Waals surface area contributed by atoms with E-state index < -0.39 is 0 Å². The molecule has 11 heavy (non-hydrogen) atoms. The number of aromatic nitrogens is 1. The van der Waals surface area contributed by atoms with Gasteiger partial charge in [0, 0.05) is 11.8 Å². The molecule has 0 fully saturated rings. The van der Waals surface area contributed by atoms with Crippen LogP contribution in [0.25, 0.3) is 0 Å². The maximum absolute atomic E-state index is 3.98.